The van der Waals surface area contributed by atoms with Gasteiger partial charge in [0.05, 0.1) is 12.7 Å². The van der Waals surface area contributed by atoms with Gasteiger partial charge in [-0.2, -0.15) is 0 Å². The van der Waals surface area contributed by atoms with Crippen LogP contribution in [0.15, 0.2) is 24.6 Å². The summed E-state index contributed by atoms with van der Waals surface area (Å²) in [7, 11) is 0. The number of quaternary nitrogens is 1. The summed E-state index contributed by atoms with van der Waals surface area (Å²) in [5, 5.41) is 13.5. The van der Waals surface area contributed by atoms with Gasteiger partial charge in [0.15, 0.2) is 12.4 Å². The van der Waals surface area contributed by atoms with Crippen molar-refractivity contribution in [2.24, 2.45) is 0 Å². The SMILES string of the molecule is CCCCCCCCCCCCCC/C=C/C1NC=C[N+]1(CC)C(C)O. The van der Waals surface area contributed by atoms with Gasteiger partial charge in [0.2, 0.25) is 0 Å². The van der Waals surface area contributed by atoms with Crippen molar-refractivity contribution >= 4 is 0 Å². The Morgan fingerprint density at radius 3 is 1.96 bits per heavy atom. The fourth-order valence-electron chi connectivity index (χ4n) is 3.98. The third-order valence-electron chi connectivity index (χ3n) is 5.92. The van der Waals surface area contributed by atoms with Crippen LogP contribution < -0.4 is 5.32 Å². The van der Waals surface area contributed by atoms with Crippen LogP contribution in [0.2, 0.25) is 0 Å². The average molecular weight is 366 g/mol. The lowest BCUT2D eigenvalue weighted by molar-refractivity contribution is -0.935. The van der Waals surface area contributed by atoms with Crippen LogP contribution >= 0.6 is 0 Å². The number of nitrogens with zero attached hydrogens (tertiary/aromatic N) is 1. The molecule has 3 atom stereocenters. The number of hydrogen-bond donors (Lipinski definition) is 2. The molecule has 3 unspecified atom stereocenters. The molecule has 0 saturated carbocycles. The van der Waals surface area contributed by atoms with Gasteiger partial charge in [0, 0.05) is 6.92 Å². The molecule has 0 aromatic rings. The van der Waals surface area contributed by atoms with Gasteiger partial charge in [-0.15, -0.1) is 0 Å². The van der Waals surface area contributed by atoms with Crippen LogP contribution in [0.25, 0.3) is 0 Å². The van der Waals surface area contributed by atoms with E-state index in [1.165, 1.54) is 77.0 Å². The molecule has 1 aliphatic heterocycles. The molecule has 26 heavy (non-hydrogen) atoms. The van der Waals surface area contributed by atoms with E-state index in [9.17, 15) is 5.11 Å². The van der Waals surface area contributed by atoms with Crippen molar-refractivity contribution in [2.75, 3.05) is 6.54 Å². The number of aliphatic hydroxyl groups excluding tert-OH is 1. The van der Waals surface area contributed by atoms with Crippen LogP contribution in [0.4, 0.5) is 0 Å². The van der Waals surface area contributed by atoms with Crippen LogP contribution in [-0.2, 0) is 0 Å². The minimum Gasteiger partial charge on any atom is -0.345 e. The summed E-state index contributed by atoms with van der Waals surface area (Å²) >= 11 is 0. The Morgan fingerprint density at radius 2 is 1.46 bits per heavy atom. The summed E-state index contributed by atoms with van der Waals surface area (Å²) in [6.07, 6.45) is 26.4. The van der Waals surface area contributed by atoms with E-state index in [0.717, 1.165) is 13.0 Å². The van der Waals surface area contributed by atoms with E-state index in [1.54, 1.807) is 0 Å². The van der Waals surface area contributed by atoms with Gasteiger partial charge < -0.3 is 10.4 Å². The zero-order chi connectivity index (χ0) is 19.1. The molecule has 3 heteroatoms. The van der Waals surface area contributed by atoms with Crippen molar-refractivity contribution in [3.63, 3.8) is 0 Å². The van der Waals surface area contributed by atoms with Crippen molar-refractivity contribution in [2.45, 2.75) is 117 Å². The molecule has 0 radical (unpaired) electrons. The minimum atomic E-state index is -0.382. The fraction of sp³-hybridized carbons (Fsp3) is 0.826. The number of unbranched alkanes of at least 4 members (excludes halogenated alkanes) is 12. The largest absolute Gasteiger partial charge is 0.345 e. The van der Waals surface area contributed by atoms with E-state index in [4.69, 9.17) is 0 Å². The van der Waals surface area contributed by atoms with Gasteiger partial charge in [-0.05, 0) is 25.8 Å². The Kier molecular flexibility index (Phi) is 12.8. The van der Waals surface area contributed by atoms with Gasteiger partial charge in [0.1, 0.15) is 6.20 Å². The van der Waals surface area contributed by atoms with Crippen LogP contribution in [0, 0.1) is 0 Å². The maximum Gasteiger partial charge on any atom is 0.193 e. The Hall–Kier alpha value is -0.800. The highest BCUT2D eigenvalue weighted by molar-refractivity contribution is 4.97. The van der Waals surface area contributed by atoms with Gasteiger partial charge in [-0.3, -0.25) is 0 Å². The topological polar surface area (TPSA) is 32.3 Å². The van der Waals surface area contributed by atoms with E-state index in [-0.39, 0.29) is 12.4 Å². The van der Waals surface area contributed by atoms with Crippen LogP contribution in [-0.4, -0.2) is 28.5 Å². The fourth-order valence-corrected chi connectivity index (χ4v) is 3.98. The second-order valence-corrected chi connectivity index (χ2v) is 7.98. The highest BCUT2D eigenvalue weighted by atomic mass is 16.3. The predicted octanol–water partition coefficient (Wildman–Crippen LogP) is 6.21. The Balaban J connectivity index is 1.98. The van der Waals surface area contributed by atoms with Crippen LogP contribution in [0.5, 0.6) is 0 Å². The van der Waals surface area contributed by atoms with E-state index in [0.29, 0.717) is 4.48 Å². The van der Waals surface area contributed by atoms with E-state index in [2.05, 4.69) is 37.5 Å². The summed E-state index contributed by atoms with van der Waals surface area (Å²) in [4.78, 5) is 0. The lowest BCUT2D eigenvalue weighted by Crippen LogP contribution is -2.56. The molecule has 0 fully saturated rings. The molecule has 2 N–H and O–H groups in total. The molecule has 1 aliphatic rings. The molecule has 0 bridgehead atoms. The summed E-state index contributed by atoms with van der Waals surface area (Å²) < 4.78 is 0.592. The first-order valence-corrected chi connectivity index (χ1v) is 11.3. The van der Waals surface area contributed by atoms with E-state index in [1.807, 2.05) is 13.1 Å². The highest BCUT2D eigenvalue weighted by Gasteiger charge is 2.39. The first-order chi connectivity index (χ1) is 12.7. The number of allylic oxidation sites excluding steroid dienone is 1. The van der Waals surface area contributed by atoms with Gasteiger partial charge >= 0.3 is 0 Å². The van der Waals surface area contributed by atoms with Gasteiger partial charge in [0.25, 0.3) is 0 Å². The zero-order valence-corrected chi connectivity index (χ0v) is 17.8. The second-order valence-electron chi connectivity index (χ2n) is 7.98. The lowest BCUT2D eigenvalue weighted by Gasteiger charge is -2.37. The highest BCUT2D eigenvalue weighted by Crippen LogP contribution is 2.23. The number of likely N-dealkylation sites (N-methyl/N-ethyl adjacent to an activating group) is 1. The number of hydrogen-bond acceptors (Lipinski definition) is 2. The molecule has 0 spiro atoms. The number of aliphatic hydroxyl groups is 1. The molecular weight excluding hydrogens is 320 g/mol. The third-order valence-corrected chi connectivity index (χ3v) is 5.92. The predicted molar refractivity (Wildman–Crippen MR) is 113 cm³/mol. The smallest absolute Gasteiger partial charge is 0.193 e. The van der Waals surface area contributed by atoms with Crippen LogP contribution in [0.3, 0.4) is 0 Å². The molecule has 0 amide bonds. The molecule has 3 nitrogen and oxygen atoms in total. The van der Waals surface area contributed by atoms with Crippen molar-refractivity contribution in [3.05, 3.63) is 24.6 Å². The molecule has 0 aliphatic carbocycles. The third kappa shape index (κ3) is 8.26. The molecular formula is C23H45N2O+. The average Bonchev–Trinajstić information content (AvgIpc) is 3.06. The molecule has 1 rings (SSSR count). The minimum absolute atomic E-state index is 0.178. The van der Waals surface area contributed by atoms with Crippen molar-refractivity contribution in [1.82, 2.24) is 5.32 Å². The number of rotatable bonds is 16. The van der Waals surface area contributed by atoms with Crippen LogP contribution in [0.1, 0.15) is 104 Å². The maximum absolute atomic E-state index is 10.1. The number of nitrogens with one attached hydrogen (secondary N) is 1. The van der Waals surface area contributed by atoms with E-state index >= 15 is 0 Å². The van der Waals surface area contributed by atoms with Gasteiger partial charge in [-0.25, -0.2) is 4.48 Å². The van der Waals surface area contributed by atoms with E-state index < -0.39 is 0 Å². The Morgan fingerprint density at radius 1 is 0.923 bits per heavy atom. The quantitative estimate of drug-likeness (QED) is 0.194. The van der Waals surface area contributed by atoms with Gasteiger partial charge in [-0.1, -0.05) is 83.6 Å². The lowest BCUT2D eigenvalue weighted by atomic mass is 10.0. The molecule has 0 aromatic heterocycles. The van der Waals surface area contributed by atoms with Crippen molar-refractivity contribution in [3.8, 4) is 0 Å². The van der Waals surface area contributed by atoms with Crippen molar-refractivity contribution < 1.29 is 9.59 Å². The summed E-state index contributed by atoms with van der Waals surface area (Å²) in [6.45, 7) is 7.20. The summed E-state index contributed by atoms with van der Waals surface area (Å²) in [5.41, 5.74) is 0. The molecule has 1 heterocycles. The normalized spacial score (nSPS) is 23.6. The van der Waals surface area contributed by atoms with Crippen molar-refractivity contribution in [1.29, 1.82) is 0 Å². The molecule has 0 saturated heterocycles. The summed E-state index contributed by atoms with van der Waals surface area (Å²) in [5.74, 6) is 0. The molecule has 0 aromatic carbocycles. The Bertz CT molecular complexity index is 392. The summed E-state index contributed by atoms with van der Waals surface area (Å²) in [6, 6.07) is 0. The first-order valence-electron chi connectivity index (χ1n) is 11.3. The second kappa shape index (κ2) is 14.3. The maximum atomic E-state index is 10.1. The monoisotopic (exact) mass is 365 g/mol. The standard InChI is InChI=1S/C23H45N2O/c1-4-6-7-8-9-10-11-12-13-14-15-16-17-18-19-23-24-20-21-25(23,5-2)22(3)26/h18-24,26H,4-17H2,1-3H3/q+1/b19-18+. The first kappa shape index (κ1) is 23.2. The molecule has 152 valence electrons. The zero-order valence-electron chi connectivity index (χ0n) is 17.8. The Labute approximate surface area is 163 Å².